The SMILES string of the molecule is O=S(=O)(c1ccc(Cl)cc1)N1[C@H](c2cc(F)cc(F)c2)CCC[C@@H]1C1(O)CC1. The van der Waals surface area contributed by atoms with Crippen LogP contribution >= 0.6 is 11.6 Å². The Kier molecular flexibility index (Phi) is 4.98. The van der Waals surface area contributed by atoms with E-state index in [9.17, 15) is 22.3 Å². The Labute approximate surface area is 167 Å². The molecule has 2 aromatic rings. The van der Waals surface area contributed by atoms with E-state index in [-0.39, 0.29) is 10.5 Å². The number of nitrogens with zero attached hydrogens (tertiary/aromatic N) is 1. The van der Waals surface area contributed by atoms with Gasteiger partial charge in [0.1, 0.15) is 11.6 Å². The highest BCUT2D eigenvalue weighted by Crippen LogP contribution is 2.50. The molecule has 1 heterocycles. The first-order valence-corrected chi connectivity index (χ1v) is 11.0. The van der Waals surface area contributed by atoms with Crippen molar-refractivity contribution >= 4 is 21.6 Å². The molecule has 4 rings (SSSR count). The largest absolute Gasteiger partial charge is 0.388 e. The van der Waals surface area contributed by atoms with Gasteiger partial charge in [0.15, 0.2) is 0 Å². The van der Waals surface area contributed by atoms with Gasteiger partial charge >= 0.3 is 0 Å². The second-order valence-electron chi connectivity index (χ2n) is 7.56. The molecule has 150 valence electrons. The topological polar surface area (TPSA) is 57.6 Å². The molecule has 2 fully saturated rings. The van der Waals surface area contributed by atoms with Crippen LogP contribution in [0.5, 0.6) is 0 Å². The van der Waals surface area contributed by atoms with Gasteiger partial charge in [-0.05, 0) is 74.1 Å². The van der Waals surface area contributed by atoms with Gasteiger partial charge in [0.2, 0.25) is 10.0 Å². The lowest BCUT2D eigenvalue weighted by molar-refractivity contribution is 0.0266. The maximum absolute atomic E-state index is 13.8. The lowest BCUT2D eigenvalue weighted by atomic mass is 9.90. The van der Waals surface area contributed by atoms with Crippen molar-refractivity contribution in [3.05, 3.63) is 64.7 Å². The molecule has 0 amide bonds. The highest BCUT2D eigenvalue weighted by molar-refractivity contribution is 7.89. The van der Waals surface area contributed by atoms with E-state index in [2.05, 4.69) is 0 Å². The summed E-state index contributed by atoms with van der Waals surface area (Å²) in [5.41, 5.74) is -0.840. The molecule has 28 heavy (non-hydrogen) atoms. The zero-order chi connectivity index (χ0) is 20.1. The fourth-order valence-electron chi connectivity index (χ4n) is 4.09. The van der Waals surface area contributed by atoms with E-state index in [1.165, 1.54) is 28.6 Å². The van der Waals surface area contributed by atoms with Gasteiger partial charge in [0, 0.05) is 11.1 Å². The molecule has 0 radical (unpaired) electrons. The summed E-state index contributed by atoms with van der Waals surface area (Å²) in [6.45, 7) is 0. The van der Waals surface area contributed by atoms with Gasteiger partial charge in [0.25, 0.3) is 0 Å². The van der Waals surface area contributed by atoms with Gasteiger partial charge in [-0.3, -0.25) is 0 Å². The van der Waals surface area contributed by atoms with Crippen LogP contribution in [0.2, 0.25) is 5.02 Å². The molecule has 1 N–H and O–H groups in total. The molecule has 4 nitrogen and oxygen atoms in total. The maximum atomic E-state index is 13.8. The molecule has 1 saturated carbocycles. The fraction of sp³-hybridized carbons (Fsp3) is 0.400. The van der Waals surface area contributed by atoms with E-state index < -0.39 is 39.3 Å². The third kappa shape index (κ3) is 3.56. The Morgan fingerprint density at radius 3 is 2.21 bits per heavy atom. The van der Waals surface area contributed by atoms with E-state index >= 15 is 0 Å². The molecule has 1 aliphatic heterocycles. The Balaban J connectivity index is 1.83. The van der Waals surface area contributed by atoms with Crippen molar-refractivity contribution in [3.63, 3.8) is 0 Å². The minimum absolute atomic E-state index is 0.0370. The molecular weight excluding hydrogens is 408 g/mol. The van der Waals surface area contributed by atoms with Crippen LogP contribution < -0.4 is 0 Å². The first-order chi connectivity index (χ1) is 13.2. The van der Waals surface area contributed by atoms with Gasteiger partial charge in [0.05, 0.1) is 22.6 Å². The van der Waals surface area contributed by atoms with Gasteiger partial charge in [-0.2, -0.15) is 4.31 Å². The zero-order valence-electron chi connectivity index (χ0n) is 15.0. The molecule has 1 saturated heterocycles. The molecule has 0 unspecified atom stereocenters. The second kappa shape index (κ2) is 7.06. The average molecular weight is 428 g/mol. The summed E-state index contributed by atoms with van der Waals surface area (Å²) in [4.78, 5) is 0.0370. The predicted octanol–water partition coefficient (Wildman–Crippen LogP) is 4.43. The third-order valence-electron chi connectivity index (χ3n) is 5.61. The Morgan fingerprint density at radius 1 is 1.04 bits per heavy atom. The number of benzene rings is 2. The van der Waals surface area contributed by atoms with E-state index in [4.69, 9.17) is 11.6 Å². The van der Waals surface area contributed by atoms with Crippen molar-refractivity contribution in [2.45, 2.75) is 54.7 Å². The van der Waals surface area contributed by atoms with Crippen LogP contribution in [0.15, 0.2) is 47.4 Å². The summed E-state index contributed by atoms with van der Waals surface area (Å²) >= 11 is 5.89. The minimum Gasteiger partial charge on any atom is -0.388 e. The summed E-state index contributed by atoms with van der Waals surface area (Å²) < 4.78 is 56.0. The lowest BCUT2D eigenvalue weighted by Gasteiger charge is -2.43. The Morgan fingerprint density at radius 2 is 1.64 bits per heavy atom. The van der Waals surface area contributed by atoms with Crippen LogP contribution in [0, 0.1) is 11.6 Å². The number of hydrogen-bond donors (Lipinski definition) is 1. The van der Waals surface area contributed by atoms with Crippen LogP contribution in [0.25, 0.3) is 0 Å². The normalized spacial score (nSPS) is 24.9. The summed E-state index contributed by atoms with van der Waals surface area (Å²) in [5.74, 6) is -1.52. The number of rotatable bonds is 4. The minimum atomic E-state index is -4.02. The molecule has 1 aliphatic carbocycles. The summed E-state index contributed by atoms with van der Waals surface area (Å²) in [5, 5.41) is 11.2. The number of halogens is 3. The number of aliphatic hydroxyl groups is 1. The van der Waals surface area contributed by atoms with E-state index in [1.807, 2.05) is 0 Å². The molecule has 2 aliphatic rings. The van der Waals surface area contributed by atoms with Gasteiger partial charge in [-0.25, -0.2) is 17.2 Å². The van der Waals surface area contributed by atoms with E-state index in [0.717, 1.165) is 18.2 Å². The van der Waals surface area contributed by atoms with Crippen LogP contribution in [-0.4, -0.2) is 29.5 Å². The smallest absolute Gasteiger partial charge is 0.243 e. The highest BCUT2D eigenvalue weighted by Gasteiger charge is 2.55. The molecule has 0 spiro atoms. The first kappa shape index (κ1) is 19.8. The van der Waals surface area contributed by atoms with Gasteiger partial charge in [-0.1, -0.05) is 11.6 Å². The fourth-order valence-corrected chi connectivity index (χ4v) is 6.14. The standard InChI is InChI=1S/C20H20ClF2NO3S/c21-14-4-6-17(7-5-14)28(26,27)24-18(13-10-15(22)12-16(23)11-13)2-1-3-19(24)20(25)8-9-20/h4-7,10-12,18-19,25H,1-3,8-9H2/t18-,19+/m0/s1. The summed E-state index contributed by atoms with van der Waals surface area (Å²) in [6, 6.07) is 7.47. The molecule has 2 aromatic carbocycles. The molecule has 0 bridgehead atoms. The summed E-state index contributed by atoms with van der Waals surface area (Å²) in [7, 11) is -4.02. The van der Waals surface area contributed by atoms with Crippen molar-refractivity contribution in [1.29, 1.82) is 0 Å². The lowest BCUT2D eigenvalue weighted by Crippen LogP contribution is -2.52. The zero-order valence-corrected chi connectivity index (χ0v) is 16.6. The van der Waals surface area contributed by atoms with E-state index in [1.54, 1.807) is 0 Å². The number of sulfonamides is 1. The van der Waals surface area contributed by atoms with Gasteiger partial charge < -0.3 is 5.11 Å². The Hall–Kier alpha value is -1.54. The van der Waals surface area contributed by atoms with Gasteiger partial charge in [-0.15, -0.1) is 0 Å². The molecule has 8 heteroatoms. The highest BCUT2D eigenvalue weighted by atomic mass is 35.5. The first-order valence-electron chi connectivity index (χ1n) is 9.18. The molecular formula is C20H20ClF2NO3S. The molecule has 2 atom stereocenters. The second-order valence-corrected chi connectivity index (χ2v) is 9.84. The average Bonchev–Trinajstić information content (AvgIpc) is 3.39. The number of piperidine rings is 1. The van der Waals surface area contributed by atoms with Crippen LogP contribution in [0.3, 0.4) is 0 Å². The predicted molar refractivity (Wildman–Crippen MR) is 101 cm³/mol. The van der Waals surface area contributed by atoms with Crippen molar-refractivity contribution < 1.29 is 22.3 Å². The van der Waals surface area contributed by atoms with Crippen LogP contribution in [0.4, 0.5) is 8.78 Å². The van der Waals surface area contributed by atoms with Crippen molar-refractivity contribution in [2.75, 3.05) is 0 Å². The van der Waals surface area contributed by atoms with Crippen molar-refractivity contribution in [1.82, 2.24) is 4.31 Å². The van der Waals surface area contributed by atoms with Crippen molar-refractivity contribution in [3.8, 4) is 0 Å². The van der Waals surface area contributed by atoms with Crippen molar-refractivity contribution in [2.24, 2.45) is 0 Å². The monoisotopic (exact) mass is 427 g/mol. The van der Waals surface area contributed by atoms with Crippen LogP contribution in [-0.2, 0) is 10.0 Å². The summed E-state index contributed by atoms with van der Waals surface area (Å²) in [6.07, 6.45) is 2.59. The quantitative estimate of drug-likeness (QED) is 0.785. The third-order valence-corrected chi connectivity index (χ3v) is 7.79. The van der Waals surface area contributed by atoms with E-state index in [0.29, 0.717) is 37.1 Å². The molecule has 0 aromatic heterocycles. The maximum Gasteiger partial charge on any atom is 0.243 e. The van der Waals surface area contributed by atoms with Crippen LogP contribution in [0.1, 0.15) is 43.7 Å². The Bertz CT molecular complexity index is 973. The number of hydrogen-bond acceptors (Lipinski definition) is 3.